The lowest BCUT2D eigenvalue weighted by Gasteiger charge is -2.17. The molecule has 0 aliphatic rings. The van der Waals surface area contributed by atoms with Gasteiger partial charge in [0.05, 0.1) is 16.9 Å². The second kappa shape index (κ2) is 10.4. The Bertz CT molecular complexity index is 1350. The molecule has 10 heteroatoms. The molecule has 3 rings (SSSR count). The average molecular weight is 468 g/mol. The van der Waals surface area contributed by atoms with E-state index < -0.39 is 52.7 Å². The third-order valence-electron chi connectivity index (χ3n) is 4.62. The Labute approximate surface area is 192 Å². The number of amides is 1. The molecule has 0 radical (unpaired) electrons. The quantitative estimate of drug-likeness (QED) is 0.212. The second-order valence-corrected chi connectivity index (χ2v) is 6.82. The molecule has 0 aliphatic carbocycles. The Morgan fingerprint density at radius 1 is 1.06 bits per heavy atom. The van der Waals surface area contributed by atoms with Crippen molar-refractivity contribution in [2.24, 2.45) is 0 Å². The average Bonchev–Trinajstić information content (AvgIpc) is 2.82. The summed E-state index contributed by atoms with van der Waals surface area (Å²) in [4.78, 5) is 21.0. The third-order valence-corrected chi connectivity index (χ3v) is 4.62. The van der Waals surface area contributed by atoms with E-state index >= 15 is 4.39 Å². The number of hydrogen-bond acceptors (Lipinski definition) is 5. The molecule has 0 spiro atoms. The van der Waals surface area contributed by atoms with E-state index in [1.54, 1.807) is 0 Å². The van der Waals surface area contributed by atoms with Crippen molar-refractivity contribution in [2.75, 3.05) is 17.7 Å². The number of nitrogens with one attached hydrogen (secondary N) is 2. The molecule has 0 bridgehead atoms. The molecule has 1 aromatic heterocycles. The summed E-state index contributed by atoms with van der Waals surface area (Å²) in [5, 5.41) is 2.36. The summed E-state index contributed by atoms with van der Waals surface area (Å²) in [6, 6.07) is 5.76. The van der Waals surface area contributed by atoms with Gasteiger partial charge in [0.1, 0.15) is 12.4 Å². The highest BCUT2D eigenvalue weighted by atomic mass is 19.2. The van der Waals surface area contributed by atoms with Crippen LogP contribution in [-0.4, -0.2) is 17.5 Å². The number of carbonyl (C=O) groups excluding carboxylic acids is 1. The van der Waals surface area contributed by atoms with E-state index in [0.717, 1.165) is 12.1 Å². The number of benzene rings is 2. The number of aromatic nitrogens is 1. The van der Waals surface area contributed by atoms with E-state index in [-0.39, 0.29) is 29.0 Å². The van der Waals surface area contributed by atoms with Crippen molar-refractivity contribution in [1.29, 1.82) is 0 Å². The minimum absolute atomic E-state index is 0.0858. The number of carbonyl (C=O) groups is 1. The zero-order valence-corrected chi connectivity index (χ0v) is 17.4. The van der Waals surface area contributed by atoms with Gasteiger partial charge < -0.3 is 11.1 Å². The molecule has 0 saturated carbocycles. The van der Waals surface area contributed by atoms with Crippen molar-refractivity contribution < 1.29 is 27.2 Å². The summed E-state index contributed by atoms with van der Waals surface area (Å²) in [5.74, 6) is -1.79. The van der Waals surface area contributed by atoms with Crippen LogP contribution in [0.5, 0.6) is 0 Å². The van der Waals surface area contributed by atoms with E-state index in [2.05, 4.69) is 22.1 Å². The Kier molecular flexibility index (Phi) is 7.36. The number of anilines is 3. The Balaban J connectivity index is 2.09. The molecule has 0 atom stereocenters. The van der Waals surface area contributed by atoms with E-state index in [4.69, 9.17) is 23.4 Å². The molecule has 4 N–H and O–H groups in total. The number of nitrogens with two attached hydrogens (primary N) is 1. The number of terminal acetylenes is 2. The SMILES string of the molecule is C#CCONC(=O)c1cc(Cc2ccnc(N)c2F)c(F)c(F)c1Nc1ccc(C#C)cc1F. The number of rotatable bonds is 7. The maximum absolute atomic E-state index is 15.1. The number of pyridine rings is 1. The highest BCUT2D eigenvalue weighted by Gasteiger charge is 2.24. The summed E-state index contributed by atoms with van der Waals surface area (Å²) in [6.07, 6.45) is 11.0. The van der Waals surface area contributed by atoms with Gasteiger partial charge in [-0.15, -0.1) is 12.8 Å². The number of nitrogen functional groups attached to an aromatic ring is 1. The monoisotopic (exact) mass is 468 g/mol. The first kappa shape index (κ1) is 24.1. The molecule has 172 valence electrons. The van der Waals surface area contributed by atoms with Gasteiger partial charge in [0.15, 0.2) is 23.3 Å². The minimum atomic E-state index is -1.51. The summed E-state index contributed by atoms with van der Waals surface area (Å²) >= 11 is 0. The predicted octanol–water partition coefficient (Wildman–Crippen LogP) is 3.83. The molecule has 2 aromatic carbocycles. The topological polar surface area (TPSA) is 89.3 Å². The van der Waals surface area contributed by atoms with Crippen molar-refractivity contribution in [1.82, 2.24) is 10.5 Å². The van der Waals surface area contributed by atoms with Gasteiger partial charge in [-0.05, 0) is 41.5 Å². The molecular weight excluding hydrogens is 452 g/mol. The zero-order valence-electron chi connectivity index (χ0n) is 17.4. The van der Waals surface area contributed by atoms with Gasteiger partial charge in [-0.2, -0.15) is 0 Å². The maximum Gasteiger partial charge on any atom is 0.277 e. The molecule has 0 fully saturated rings. The lowest BCUT2D eigenvalue weighted by atomic mass is 9.99. The van der Waals surface area contributed by atoms with Crippen LogP contribution < -0.4 is 16.5 Å². The summed E-state index contributed by atoms with van der Waals surface area (Å²) in [7, 11) is 0. The first-order chi connectivity index (χ1) is 16.3. The fourth-order valence-electron chi connectivity index (χ4n) is 2.99. The molecule has 1 amide bonds. The minimum Gasteiger partial charge on any atom is -0.381 e. The van der Waals surface area contributed by atoms with Crippen molar-refractivity contribution in [3.8, 4) is 24.7 Å². The van der Waals surface area contributed by atoms with Crippen LogP contribution in [0.2, 0.25) is 0 Å². The number of halogens is 4. The van der Waals surface area contributed by atoms with Gasteiger partial charge in [-0.25, -0.2) is 28.0 Å². The summed E-state index contributed by atoms with van der Waals surface area (Å²) in [6.45, 7) is -0.311. The van der Waals surface area contributed by atoms with Crippen LogP contribution in [0.25, 0.3) is 0 Å². The Morgan fingerprint density at radius 3 is 2.50 bits per heavy atom. The van der Waals surface area contributed by atoms with Crippen LogP contribution in [0.15, 0.2) is 36.5 Å². The van der Waals surface area contributed by atoms with E-state index in [1.807, 2.05) is 5.48 Å². The maximum atomic E-state index is 15.1. The molecule has 3 aromatic rings. The lowest BCUT2D eigenvalue weighted by Crippen LogP contribution is -2.25. The molecule has 34 heavy (non-hydrogen) atoms. The van der Waals surface area contributed by atoms with Gasteiger partial charge in [0, 0.05) is 18.2 Å². The highest BCUT2D eigenvalue weighted by Crippen LogP contribution is 2.31. The number of hydroxylamine groups is 1. The highest BCUT2D eigenvalue weighted by molar-refractivity contribution is 6.00. The Hall–Kier alpha value is -4.54. The van der Waals surface area contributed by atoms with Gasteiger partial charge in [-0.3, -0.25) is 9.63 Å². The van der Waals surface area contributed by atoms with Crippen molar-refractivity contribution in [2.45, 2.75) is 6.42 Å². The van der Waals surface area contributed by atoms with E-state index in [1.165, 1.54) is 24.4 Å². The van der Waals surface area contributed by atoms with Crippen molar-refractivity contribution >= 4 is 23.1 Å². The van der Waals surface area contributed by atoms with Gasteiger partial charge in [0.2, 0.25) is 0 Å². The Morgan fingerprint density at radius 2 is 1.82 bits per heavy atom. The fourth-order valence-corrected chi connectivity index (χ4v) is 2.99. The van der Waals surface area contributed by atoms with E-state index in [0.29, 0.717) is 0 Å². The van der Waals surface area contributed by atoms with Gasteiger partial charge in [0.25, 0.3) is 5.91 Å². The van der Waals surface area contributed by atoms with Crippen LogP contribution >= 0.6 is 0 Å². The molecule has 0 saturated heterocycles. The van der Waals surface area contributed by atoms with Gasteiger partial charge in [-0.1, -0.05) is 11.8 Å². The van der Waals surface area contributed by atoms with Crippen molar-refractivity contribution in [3.05, 3.63) is 82.1 Å². The fraction of sp³-hybridized carbons (Fsp3) is 0.0833. The second-order valence-electron chi connectivity index (χ2n) is 6.82. The molecule has 0 unspecified atom stereocenters. The normalized spacial score (nSPS) is 10.3. The predicted molar refractivity (Wildman–Crippen MR) is 118 cm³/mol. The first-order valence-electron chi connectivity index (χ1n) is 9.55. The summed E-state index contributed by atoms with van der Waals surface area (Å²) < 4.78 is 58.8. The molecule has 1 heterocycles. The van der Waals surface area contributed by atoms with E-state index in [9.17, 15) is 18.0 Å². The standard InChI is InChI=1S/C24H16F4N4O2/c1-3-9-34-32-24(33)16-12-15(11-14-7-8-30-23(29)20(14)27)19(26)21(28)22(16)31-18-6-5-13(4-2)10-17(18)25/h1-2,5-8,10,12,31H,9,11H2,(H2,29,30)(H,32,33). The van der Waals surface area contributed by atoms with Crippen molar-refractivity contribution in [3.63, 3.8) is 0 Å². The van der Waals surface area contributed by atoms with Crippen LogP contribution in [-0.2, 0) is 11.3 Å². The zero-order chi connectivity index (χ0) is 24.8. The van der Waals surface area contributed by atoms with Crippen LogP contribution in [0.4, 0.5) is 34.8 Å². The number of nitrogens with zero attached hydrogens (tertiary/aromatic N) is 1. The summed E-state index contributed by atoms with van der Waals surface area (Å²) in [5.41, 5.74) is 5.72. The molecule has 6 nitrogen and oxygen atoms in total. The molecule has 0 aliphatic heterocycles. The van der Waals surface area contributed by atoms with Crippen LogP contribution in [0.3, 0.4) is 0 Å². The largest absolute Gasteiger partial charge is 0.381 e. The van der Waals surface area contributed by atoms with Crippen LogP contribution in [0.1, 0.15) is 27.0 Å². The van der Waals surface area contributed by atoms with Crippen LogP contribution in [0, 0.1) is 48.0 Å². The number of hydrogen-bond donors (Lipinski definition) is 3. The first-order valence-corrected chi connectivity index (χ1v) is 9.55. The van der Waals surface area contributed by atoms with Gasteiger partial charge >= 0.3 is 0 Å². The lowest BCUT2D eigenvalue weighted by molar-refractivity contribution is 0.0438. The third kappa shape index (κ3) is 5.09. The molecular formula is C24H16F4N4O2. The smallest absolute Gasteiger partial charge is 0.277 e.